The van der Waals surface area contributed by atoms with Gasteiger partial charge in [0, 0.05) is 6.42 Å². The van der Waals surface area contributed by atoms with Gasteiger partial charge in [0.1, 0.15) is 6.04 Å². The summed E-state index contributed by atoms with van der Waals surface area (Å²) in [4.78, 5) is 23.9. The van der Waals surface area contributed by atoms with Gasteiger partial charge in [-0.05, 0) is 25.0 Å². The monoisotopic (exact) mass is 443 g/mol. The van der Waals surface area contributed by atoms with E-state index < -0.39 is 28.4 Å². The van der Waals surface area contributed by atoms with Gasteiger partial charge in [-0.15, -0.1) is 8.42 Å². The van der Waals surface area contributed by atoms with Gasteiger partial charge in [0.25, 0.3) is 0 Å². The Morgan fingerprint density at radius 1 is 0.933 bits per heavy atom. The molecule has 0 aliphatic rings. The van der Waals surface area contributed by atoms with Gasteiger partial charge in [-0.25, -0.2) is 4.79 Å². The zero-order valence-corrected chi connectivity index (χ0v) is 18.6. The van der Waals surface area contributed by atoms with Gasteiger partial charge in [-0.3, -0.25) is 4.79 Å². The number of esters is 1. The molecule has 1 atom stereocenters. The Bertz CT molecular complexity index is 764. The van der Waals surface area contributed by atoms with E-state index >= 15 is 0 Å². The van der Waals surface area contributed by atoms with Crippen LogP contribution < -0.4 is 14.7 Å². The average molecular weight is 444 g/mol. The largest absolute Gasteiger partial charge is 0.503 e. The smallest absolute Gasteiger partial charge is 0.422 e. The third-order valence-electron chi connectivity index (χ3n) is 4.35. The van der Waals surface area contributed by atoms with Gasteiger partial charge in [-0.2, -0.15) is 0 Å². The Morgan fingerprint density at radius 2 is 1.53 bits per heavy atom. The third kappa shape index (κ3) is 10.6. The van der Waals surface area contributed by atoms with E-state index in [0.29, 0.717) is 19.3 Å². The van der Waals surface area contributed by atoms with Gasteiger partial charge in [0.2, 0.25) is 0 Å². The molecule has 9 heteroatoms. The van der Waals surface area contributed by atoms with Crippen LogP contribution in [0.2, 0.25) is 0 Å². The lowest BCUT2D eigenvalue weighted by Crippen LogP contribution is -2.34. The SMILES string of the molecule is CCCCCCCCC(=O)Oc1ccccc1OS(=O)(=O)OC(=O)C(N)CCCC. The molecule has 0 heterocycles. The molecule has 170 valence electrons. The van der Waals surface area contributed by atoms with Crippen LogP contribution in [-0.4, -0.2) is 26.4 Å². The molecule has 0 saturated heterocycles. The van der Waals surface area contributed by atoms with E-state index in [1.807, 2.05) is 6.92 Å². The van der Waals surface area contributed by atoms with Crippen molar-refractivity contribution < 1.29 is 31.1 Å². The summed E-state index contributed by atoms with van der Waals surface area (Å²) in [5, 5.41) is 0. The molecule has 0 radical (unpaired) electrons. The summed E-state index contributed by atoms with van der Waals surface area (Å²) in [6, 6.07) is 4.72. The molecule has 0 bridgehead atoms. The topological polar surface area (TPSA) is 122 Å². The fraction of sp³-hybridized carbons (Fsp3) is 0.619. The predicted molar refractivity (Wildman–Crippen MR) is 113 cm³/mol. The summed E-state index contributed by atoms with van der Waals surface area (Å²) < 4.78 is 38.6. The van der Waals surface area contributed by atoms with Crippen LogP contribution in [0.5, 0.6) is 11.5 Å². The van der Waals surface area contributed by atoms with E-state index in [-0.39, 0.29) is 17.9 Å². The number of hydrogen-bond donors (Lipinski definition) is 1. The lowest BCUT2D eigenvalue weighted by molar-refractivity contribution is -0.136. The number of unbranched alkanes of at least 4 members (excludes halogenated alkanes) is 6. The molecular formula is C21H33NO7S. The Morgan fingerprint density at radius 3 is 2.20 bits per heavy atom. The summed E-state index contributed by atoms with van der Waals surface area (Å²) in [6.45, 7) is 4.06. The van der Waals surface area contributed by atoms with Crippen LogP contribution in [0.15, 0.2) is 24.3 Å². The van der Waals surface area contributed by atoms with Crippen LogP contribution in [0, 0.1) is 0 Å². The number of carbonyl (C=O) groups excluding carboxylic acids is 2. The molecule has 1 aromatic rings. The van der Waals surface area contributed by atoms with Crippen molar-refractivity contribution >= 4 is 22.3 Å². The minimum absolute atomic E-state index is 0.0663. The van der Waals surface area contributed by atoms with Crippen LogP contribution in [0.4, 0.5) is 0 Å². The van der Waals surface area contributed by atoms with E-state index in [1.165, 1.54) is 24.6 Å². The molecule has 1 unspecified atom stereocenters. The van der Waals surface area contributed by atoms with Gasteiger partial charge < -0.3 is 18.8 Å². The summed E-state index contributed by atoms with van der Waals surface area (Å²) in [7, 11) is -4.71. The van der Waals surface area contributed by atoms with E-state index in [4.69, 9.17) is 14.7 Å². The Labute approximate surface area is 179 Å². The summed E-state index contributed by atoms with van der Waals surface area (Å²) in [6.07, 6.45) is 8.14. The number of carbonyl (C=O) groups is 2. The number of hydrogen-bond acceptors (Lipinski definition) is 8. The van der Waals surface area contributed by atoms with E-state index in [0.717, 1.165) is 32.1 Å². The molecule has 1 aromatic carbocycles. The van der Waals surface area contributed by atoms with Crippen molar-refractivity contribution in [2.45, 2.75) is 84.1 Å². The molecule has 0 aliphatic carbocycles. The standard InChI is InChI=1S/C21H33NO7S/c1-3-5-7-8-9-10-16-20(23)27-18-14-11-12-15-19(18)28-30(25,26)29-21(24)17(22)13-6-4-2/h11-12,14-15,17H,3-10,13,16,22H2,1-2H3. The molecule has 0 aromatic heterocycles. The highest BCUT2D eigenvalue weighted by Crippen LogP contribution is 2.28. The molecule has 0 spiro atoms. The molecule has 0 saturated carbocycles. The minimum atomic E-state index is -4.71. The summed E-state index contributed by atoms with van der Waals surface area (Å²) >= 11 is 0. The molecule has 2 N–H and O–H groups in total. The minimum Gasteiger partial charge on any atom is -0.422 e. The summed E-state index contributed by atoms with van der Waals surface area (Å²) in [5.41, 5.74) is 5.62. The molecule has 0 aliphatic heterocycles. The van der Waals surface area contributed by atoms with Crippen molar-refractivity contribution in [3.63, 3.8) is 0 Å². The first-order chi connectivity index (χ1) is 14.3. The first-order valence-corrected chi connectivity index (χ1v) is 11.9. The van der Waals surface area contributed by atoms with Crippen LogP contribution in [0.3, 0.4) is 0 Å². The highest BCUT2D eigenvalue weighted by Gasteiger charge is 2.26. The molecule has 1 rings (SSSR count). The lowest BCUT2D eigenvalue weighted by atomic mass is 10.1. The normalized spacial score (nSPS) is 12.2. The van der Waals surface area contributed by atoms with Crippen molar-refractivity contribution in [3.8, 4) is 11.5 Å². The average Bonchev–Trinajstić information content (AvgIpc) is 2.69. The zero-order valence-electron chi connectivity index (χ0n) is 17.8. The van der Waals surface area contributed by atoms with Gasteiger partial charge in [-0.1, -0.05) is 70.9 Å². The number of para-hydroxylation sites is 2. The Balaban J connectivity index is 2.61. The van der Waals surface area contributed by atoms with Crippen LogP contribution in [0.1, 0.15) is 78.1 Å². The van der Waals surface area contributed by atoms with Gasteiger partial charge in [0.05, 0.1) is 0 Å². The second-order valence-electron chi connectivity index (χ2n) is 7.08. The second-order valence-corrected chi connectivity index (χ2v) is 8.23. The number of ether oxygens (including phenoxy) is 1. The van der Waals surface area contributed by atoms with E-state index in [1.54, 1.807) is 6.07 Å². The quantitative estimate of drug-likeness (QED) is 0.245. The van der Waals surface area contributed by atoms with Crippen molar-refractivity contribution in [1.29, 1.82) is 0 Å². The highest BCUT2D eigenvalue weighted by atomic mass is 32.3. The van der Waals surface area contributed by atoms with Crippen LogP contribution in [0.25, 0.3) is 0 Å². The Kier molecular flexibility index (Phi) is 12.1. The molecule has 8 nitrogen and oxygen atoms in total. The first kappa shape index (κ1) is 25.9. The van der Waals surface area contributed by atoms with Crippen molar-refractivity contribution in [1.82, 2.24) is 0 Å². The number of benzene rings is 1. The van der Waals surface area contributed by atoms with Crippen molar-refractivity contribution in [3.05, 3.63) is 24.3 Å². The molecular weight excluding hydrogens is 410 g/mol. The van der Waals surface area contributed by atoms with Crippen LogP contribution in [-0.2, 0) is 24.2 Å². The van der Waals surface area contributed by atoms with E-state index in [2.05, 4.69) is 11.1 Å². The first-order valence-electron chi connectivity index (χ1n) is 10.5. The lowest BCUT2D eigenvalue weighted by Gasteiger charge is -2.13. The maximum atomic E-state index is 12.1. The van der Waals surface area contributed by atoms with Gasteiger partial charge >= 0.3 is 22.3 Å². The summed E-state index contributed by atoms with van der Waals surface area (Å²) in [5.74, 6) is -1.90. The molecule has 0 fully saturated rings. The van der Waals surface area contributed by atoms with Crippen molar-refractivity contribution in [2.75, 3.05) is 0 Å². The predicted octanol–water partition coefficient (Wildman–Crippen LogP) is 4.03. The number of nitrogens with two attached hydrogens (primary N) is 1. The fourth-order valence-electron chi connectivity index (χ4n) is 2.66. The zero-order chi connectivity index (χ0) is 22.4. The number of rotatable bonds is 15. The van der Waals surface area contributed by atoms with Gasteiger partial charge in [0.15, 0.2) is 11.5 Å². The molecule has 30 heavy (non-hydrogen) atoms. The van der Waals surface area contributed by atoms with Crippen LogP contribution >= 0.6 is 0 Å². The fourth-order valence-corrected chi connectivity index (χ4v) is 3.37. The Hall–Kier alpha value is -2.13. The maximum absolute atomic E-state index is 12.1. The molecule has 0 amide bonds. The van der Waals surface area contributed by atoms with Crippen molar-refractivity contribution in [2.24, 2.45) is 5.73 Å². The van der Waals surface area contributed by atoms with E-state index in [9.17, 15) is 18.0 Å². The third-order valence-corrected chi connectivity index (χ3v) is 5.11. The highest BCUT2D eigenvalue weighted by molar-refractivity contribution is 7.82. The maximum Gasteiger partial charge on any atom is 0.503 e. The second kappa shape index (κ2) is 14.0.